The SMILES string of the molecule is CNCC(C)n1cc(C23CC4CC(CC(C4)C2)C3)cn1. The lowest BCUT2D eigenvalue weighted by molar-refractivity contribution is -0.00524. The van der Waals surface area contributed by atoms with Crippen LogP contribution < -0.4 is 5.32 Å². The second-order valence-electron chi connectivity index (χ2n) is 7.81. The Morgan fingerprint density at radius 2 is 1.85 bits per heavy atom. The molecule has 0 radical (unpaired) electrons. The highest BCUT2D eigenvalue weighted by Gasteiger charge is 2.52. The molecule has 4 saturated carbocycles. The summed E-state index contributed by atoms with van der Waals surface area (Å²) in [6, 6.07) is 0.447. The number of rotatable bonds is 4. The summed E-state index contributed by atoms with van der Waals surface area (Å²) in [6.07, 6.45) is 13.4. The summed E-state index contributed by atoms with van der Waals surface area (Å²) in [5, 5.41) is 7.92. The van der Waals surface area contributed by atoms with Gasteiger partial charge in [-0.2, -0.15) is 5.10 Å². The van der Waals surface area contributed by atoms with Gasteiger partial charge in [0.25, 0.3) is 0 Å². The zero-order chi connectivity index (χ0) is 13.7. The average molecular weight is 273 g/mol. The van der Waals surface area contributed by atoms with Crippen LogP contribution in [0.4, 0.5) is 0 Å². The molecule has 1 aromatic heterocycles. The van der Waals surface area contributed by atoms with E-state index in [1.807, 2.05) is 7.05 Å². The van der Waals surface area contributed by atoms with Crippen LogP contribution in [0.3, 0.4) is 0 Å². The predicted molar refractivity (Wildman–Crippen MR) is 80.7 cm³/mol. The minimum absolute atomic E-state index is 0.447. The molecule has 4 fully saturated rings. The Morgan fingerprint density at radius 1 is 1.25 bits per heavy atom. The summed E-state index contributed by atoms with van der Waals surface area (Å²) in [5.41, 5.74) is 2.03. The van der Waals surface area contributed by atoms with E-state index >= 15 is 0 Å². The van der Waals surface area contributed by atoms with E-state index in [4.69, 9.17) is 0 Å². The Labute approximate surface area is 122 Å². The Bertz CT molecular complexity index is 455. The molecule has 0 aliphatic heterocycles. The highest BCUT2D eigenvalue weighted by atomic mass is 15.3. The molecule has 0 saturated heterocycles. The normalized spacial score (nSPS) is 40.2. The standard InChI is InChI=1S/C17H27N3/c1-12(9-18-2)20-11-16(10-19-20)17-6-13-3-14(7-17)5-15(4-13)8-17/h10-15,18H,3-9H2,1-2H3. The van der Waals surface area contributed by atoms with Crippen molar-refractivity contribution >= 4 is 0 Å². The summed E-state index contributed by atoms with van der Waals surface area (Å²) in [5.74, 6) is 3.04. The van der Waals surface area contributed by atoms with E-state index in [1.165, 1.54) is 38.5 Å². The maximum atomic E-state index is 4.67. The van der Waals surface area contributed by atoms with E-state index in [2.05, 4.69) is 34.4 Å². The fraction of sp³-hybridized carbons (Fsp3) is 0.824. The van der Waals surface area contributed by atoms with Crippen molar-refractivity contribution < 1.29 is 0 Å². The minimum atomic E-state index is 0.447. The van der Waals surface area contributed by atoms with Crippen molar-refractivity contribution in [3.8, 4) is 0 Å². The van der Waals surface area contributed by atoms with Crippen LogP contribution >= 0.6 is 0 Å². The van der Waals surface area contributed by atoms with Crippen molar-refractivity contribution in [1.29, 1.82) is 0 Å². The third-order valence-electron chi connectivity index (χ3n) is 6.20. The molecular weight excluding hydrogens is 246 g/mol. The zero-order valence-electron chi connectivity index (χ0n) is 12.8. The molecule has 3 heteroatoms. The van der Waals surface area contributed by atoms with Crippen molar-refractivity contribution in [3.63, 3.8) is 0 Å². The fourth-order valence-electron chi connectivity index (χ4n) is 5.71. The smallest absolute Gasteiger partial charge is 0.0615 e. The van der Waals surface area contributed by atoms with Gasteiger partial charge in [0.1, 0.15) is 0 Å². The Morgan fingerprint density at radius 3 is 2.40 bits per heavy atom. The fourth-order valence-corrected chi connectivity index (χ4v) is 5.71. The van der Waals surface area contributed by atoms with Gasteiger partial charge in [-0.3, -0.25) is 4.68 Å². The molecule has 0 spiro atoms. The van der Waals surface area contributed by atoms with Gasteiger partial charge in [-0.15, -0.1) is 0 Å². The lowest BCUT2D eigenvalue weighted by Crippen LogP contribution is -2.48. The molecule has 4 aliphatic rings. The molecule has 1 aromatic rings. The van der Waals surface area contributed by atoms with E-state index in [0.29, 0.717) is 11.5 Å². The number of hydrogen-bond donors (Lipinski definition) is 1. The average Bonchev–Trinajstić information content (AvgIpc) is 2.87. The van der Waals surface area contributed by atoms with Crippen LogP contribution in [0.25, 0.3) is 0 Å². The van der Waals surface area contributed by atoms with Crippen LogP contribution in [-0.2, 0) is 5.41 Å². The first-order valence-corrected chi connectivity index (χ1v) is 8.38. The molecule has 0 aromatic carbocycles. The van der Waals surface area contributed by atoms with Gasteiger partial charge in [0.15, 0.2) is 0 Å². The van der Waals surface area contributed by atoms with Gasteiger partial charge in [0.2, 0.25) is 0 Å². The molecule has 4 aliphatic carbocycles. The zero-order valence-corrected chi connectivity index (χ0v) is 12.8. The van der Waals surface area contributed by atoms with Crippen molar-refractivity contribution in [2.75, 3.05) is 13.6 Å². The lowest BCUT2D eigenvalue weighted by atomic mass is 9.48. The van der Waals surface area contributed by atoms with E-state index in [1.54, 1.807) is 5.56 Å². The van der Waals surface area contributed by atoms with Crippen molar-refractivity contribution in [3.05, 3.63) is 18.0 Å². The van der Waals surface area contributed by atoms with Crippen LogP contribution in [0.1, 0.15) is 57.1 Å². The van der Waals surface area contributed by atoms with Crippen molar-refractivity contribution in [1.82, 2.24) is 15.1 Å². The quantitative estimate of drug-likeness (QED) is 0.913. The van der Waals surface area contributed by atoms with Gasteiger partial charge < -0.3 is 5.32 Å². The number of likely N-dealkylation sites (N-methyl/N-ethyl adjacent to an activating group) is 1. The van der Waals surface area contributed by atoms with Crippen LogP contribution in [0.2, 0.25) is 0 Å². The van der Waals surface area contributed by atoms with E-state index in [0.717, 1.165) is 24.3 Å². The van der Waals surface area contributed by atoms with Crippen molar-refractivity contribution in [2.24, 2.45) is 17.8 Å². The maximum Gasteiger partial charge on any atom is 0.0615 e. The first-order valence-electron chi connectivity index (χ1n) is 8.38. The first kappa shape index (κ1) is 12.9. The van der Waals surface area contributed by atoms with Gasteiger partial charge >= 0.3 is 0 Å². The van der Waals surface area contributed by atoms with E-state index in [9.17, 15) is 0 Å². The van der Waals surface area contributed by atoms with Crippen LogP contribution in [0.15, 0.2) is 12.4 Å². The Hall–Kier alpha value is -0.830. The number of nitrogens with one attached hydrogen (secondary N) is 1. The molecule has 0 amide bonds. The maximum absolute atomic E-state index is 4.67. The summed E-state index contributed by atoms with van der Waals surface area (Å²) >= 11 is 0. The van der Waals surface area contributed by atoms with Crippen LogP contribution in [0, 0.1) is 17.8 Å². The monoisotopic (exact) mass is 273 g/mol. The van der Waals surface area contributed by atoms with Gasteiger partial charge in [0, 0.05) is 12.7 Å². The molecule has 1 unspecified atom stereocenters. The summed E-state index contributed by atoms with van der Waals surface area (Å²) in [4.78, 5) is 0. The number of hydrogen-bond acceptors (Lipinski definition) is 2. The topological polar surface area (TPSA) is 29.9 Å². The molecule has 5 rings (SSSR count). The molecule has 1 heterocycles. The van der Waals surface area contributed by atoms with Gasteiger partial charge in [-0.05, 0) is 81.2 Å². The first-order chi connectivity index (χ1) is 9.68. The Kier molecular flexibility index (Phi) is 2.95. The number of nitrogens with zero attached hydrogens (tertiary/aromatic N) is 2. The molecular formula is C17H27N3. The molecule has 1 atom stereocenters. The van der Waals surface area contributed by atoms with Gasteiger partial charge in [-0.1, -0.05) is 0 Å². The summed E-state index contributed by atoms with van der Waals surface area (Å²) in [7, 11) is 2.01. The second kappa shape index (κ2) is 4.59. The molecule has 110 valence electrons. The van der Waals surface area contributed by atoms with Crippen molar-refractivity contribution in [2.45, 2.75) is 56.9 Å². The highest BCUT2D eigenvalue weighted by Crippen LogP contribution is 2.60. The Balaban J connectivity index is 1.61. The van der Waals surface area contributed by atoms with E-state index in [-0.39, 0.29) is 0 Å². The third-order valence-corrected chi connectivity index (χ3v) is 6.20. The summed E-state index contributed by atoms with van der Waals surface area (Å²) < 4.78 is 2.17. The van der Waals surface area contributed by atoms with Crippen LogP contribution in [0.5, 0.6) is 0 Å². The van der Waals surface area contributed by atoms with Crippen LogP contribution in [-0.4, -0.2) is 23.4 Å². The van der Waals surface area contributed by atoms with Gasteiger partial charge in [0.05, 0.1) is 12.2 Å². The highest BCUT2D eigenvalue weighted by molar-refractivity contribution is 5.25. The largest absolute Gasteiger partial charge is 0.318 e. The minimum Gasteiger partial charge on any atom is -0.318 e. The molecule has 4 bridgehead atoms. The van der Waals surface area contributed by atoms with E-state index < -0.39 is 0 Å². The summed E-state index contributed by atoms with van der Waals surface area (Å²) in [6.45, 7) is 3.23. The number of aromatic nitrogens is 2. The lowest BCUT2D eigenvalue weighted by Gasteiger charge is -2.56. The molecule has 3 nitrogen and oxygen atoms in total. The molecule has 20 heavy (non-hydrogen) atoms. The second-order valence-corrected chi connectivity index (χ2v) is 7.81. The predicted octanol–water partition coefficient (Wildman–Crippen LogP) is 3.13. The van der Waals surface area contributed by atoms with Gasteiger partial charge in [-0.25, -0.2) is 0 Å². The molecule has 1 N–H and O–H groups in total. The third kappa shape index (κ3) is 1.93.